The van der Waals surface area contributed by atoms with Gasteiger partial charge in [0, 0.05) is 5.69 Å². The second-order valence-electron chi connectivity index (χ2n) is 3.92. The Bertz CT molecular complexity index is 697. The van der Waals surface area contributed by atoms with E-state index in [2.05, 4.69) is 15.3 Å². The molecule has 3 aromatic rings. The van der Waals surface area contributed by atoms with Crippen molar-refractivity contribution in [2.24, 2.45) is 0 Å². The van der Waals surface area contributed by atoms with Gasteiger partial charge in [-0.25, -0.2) is 9.61 Å². The number of nitrogen functional groups attached to an aromatic ring is 1. The van der Waals surface area contributed by atoms with Crippen LogP contribution in [-0.2, 0) is 0 Å². The summed E-state index contributed by atoms with van der Waals surface area (Å²) in [6, 6.07) is 3.67. The summed E-state index contributed by atoms with van der Waals surface area (Å²) in [5, 5.41) is 7.69. The van der Waals surface area contributed by atoms with Gasteiger partial charge in [-0.1, -0.05) is 0 Å². The Hall–Kier alpha value is -2.37. The molecule has 0 unspecified atom stereocenters. The zero-order valence-electron chi connectivity index (χ0n) is 9.51. The van der Waals surface area contributed by atoms with Crippen LogP contribution in [0.4, 0.5) is 5.69 Å². The summed E-state index contributed by atoms with van der Waals surface area (Å²) < 4.78 is 6.69. The lowest BCUT2D eigenvalue weighted by Crippen LogP contribution is -1.98. The van der Waals surface area contributed by atoms with Gasteiger partial charge in [-0.2, -0.15) is 0 Å². The van der Waals surface area contributed by atoms with E-state index in [1.165, 1.54) is 0 Å². The molecule has 0 saturated carbocycles. The van der Waals surface area contributed by atoms with Gasteiger partial charge in [-0.15, -0.1) is 0 Å². The number of nitrogens with zero attached hydrogens (tertiary/aromatic N) is 4. The molecule has 1 aromatic carbocycles. The molecule has 0 aliphatic heterocycles. The van der Waals surface area contributed by atoms with Gasteiger partial charge in [0.05, 0.1) is 23.4 Å². The summed E-state index contributed by atoms with van der Waals surface area (Å²) in [6.45, 7) is 3.96. The normalized spacial score (nSPS) is 11.2. The van der Waals surface area contributed by atoms with Crippen molar-refractivity contribution >= 4 is 16.7 Å². The first-order valence-corrected chi connectivity index (χ1v) is 5.20. The molecule has 0 aliphatic rings. The van der Waals surface area contributed by atoms with Crippen LogP contribution in [0.2, 0.25) is 0 Å². The summed E-state index contributed by atoms with van der Waals surface area (Å²) in [4.78, 5) is 4.26. The average Bonchev–Trinajstić information content (AvgIpc) is 2.91. The van der Waals surface area contributed by atoms with Crippen molar-refractivity contribution in [3.8, 4) is 5.69 Å². The molecular weight excluding hydrogens is 218 g/mol. The highest BCUT2D eigenvalue weighted by atomic mass is 16.6. The number of imidazole rings is 1. The monoisotopic (exact) mass is 229 g/mol. The van der Waals surface area contributed by atoms with Crippen molar-refractivity contribution in [3.05, 3.63) is 29.8 Å². The molecule has 0 aliphatic carbocycles. The largest absolute Gasteiger partial charge is 0.397 e. The summed E-state index contributed by atoms with van der Waals surface area (Å²) in [7, 11) is 0. The van der Waals surface area contributed by atoms with E-state index in [4.69, 9.17) is 10.4 Å². The van der Waals surface area contributed by atoms with Crippen LogP contribution in [0.5, 0.6) is 0 Å². The summed E-state index contributed by atoms with van der Waals surface area (Å²) >= 11 is 0. The van der Waals surface area contributed by atoms with Crippen molar-refractivity contribution < 1.29 is 4.63 Å². The maximum Gasteiger partial charge on any atom is 0.161 e. The van der Waals surface area contributed by atoms with Crippen LogP contribution in [0, 0.1) is 13.8 Å². The predicted molar refractivity (Wildman–Crippen MR) is 62.8 cm³/mol. The van der Waals surface area contributed by atoms with E-state index in [1.807, 2.05) is 24.5 Å². The third-order valence-electron chi connectivity index (χ3n) is 2.94. The third kappa shape index (κ3) is 1.30. The Morgan fingerprint density at radius 2 is 1.94 bits per heavy atom. The van der Waals surface area contributed by atoms with Gasteiger partial charge in [0.1, 0.15) is 0 Å². The standard InChI is InChI=1S/C11H11N5O/c1-6-7(2)16(5-13-6)9-4-3-8(12)10-11(9)15-17-14-10/h3-5H,12H2,1-2H3. The van der Waals surface area contributed by atoms with E-state index in [9.17, 15) is 0 Å². The maximum atomic E-state index is 5.80. The highest BCUT2D eigenvalue weighted by Gasteiger charge is 2.13. The Morgan fingerprint density at radius 3 is 2.65 bits per heavy atom. The molecule has 2 aromatic heterocycles. The second kappa shape index (κ2) is 3.31. The lowest BCUT2D eigenvalue weighted by atomic mass is 10.2. The minimum atomic E-state index is 0.555. The minimum Gasteiger partial charge on any atom is -0.397 e. The fourth-order valence-electron chi connectivity index (χ4n) is 1.81. The van der Waals surface area contributed by atoms with E-state index >= 15 is 0 Å². The molecule has 86 valence electrons. The molecule has 6 nitrogen and oxygen atoms in total. The summed E-state index contributed by atoms with van der Waals surface area (Å²) in [6.07, 6.45) is 1.75. The molecule has 0 spiro atoms. The number of aromatic nitrogens is 4. The molecule has 17 heavy (non-hydrogen) atoms. The van der Waals surface area contributed by atoms with E-state index in [1.54, 1.807) is 12.4 Å². The number of benzene rings is 1. The quantitative estimate of drug-likeness (QED) is 0.641. The van der Waals surface area contributed by atoms with Gasteiger partial charge in [0.15, 0.2) is 11.0 Å². The van der Waals surface area contributed by atoms with Gasteiger partial charge in [-0.05, 0) is 36.3 Å². The van der Waals surface area contributed by atoms with Gasteiger partial charge >= 0.3 is 0 Å². The Kier molecular flexibility index (Phi) is 1.91. The van der Waals surface area contributed by atoms with E-state index < -0.39 is 0 Å². The highest BCUT2D eigenvalue weighted by molar-refractivity contribution is 5.91. The lowest BCUT2D eigenvalue weighted by molar-refractivity contribution is 0.315. The van der Waals surface area contributed by atoms with Gasteiger partial charge < -0.3 is 10.3 Å². The first-order valence-electron chi connectivity index (χ1n) is 5.20. The molecule has 0 atom stereocenters. The molecule has 0 saturated heterocycles. The number of hydrogen-bond acceptors (Lipinski definition) is 5. The molecular formula is C11H11N5O. The third-order valence-corrected chi connectivity index (χ3v) is 2.94. The first kappa shape index (κ1) is 9.83. The van der Waals surface area contributed by atoms with Crippen molar-refractivity contribution in [3.63, 3.8) is 0 Å². The smallest absolute Gasteiger partial charge is 0.161 e. The van der Waals surface area contributed by atoms with Gasteiger partial charge in [0.2, 0.25) is 0 Å². The molecule has 2 heterocycles. The number of anilines is 1. The van der Waals surface area contributed by atoms with Gasteiger partial charge in [0.25, 0.3) is 0 Å². The molecule has 6 heteroatoms. The zero-order valence-corrected chi connectivity index (χ0v) is 9.51. The number of rotatable bonds is 1. The summed E-state index contributed by atoms with van der Waals surface area (Å²) in [5.41, 5.74) is 10.5. The lowest BCUT2D eigenvalue weighted by Gasteiger charge is -2.05. The number of aryl methyl sites for hydroxylation is 1. The molecule has 0 bridgehead atoms. The molecule has 0 amide bonds. The number of fused-ring (bicyclic) bond motifs is 1. The van der Waals surface area contributed by atoms with Crippen LogP contribution in [0.3, 0.4) is 0 Å². The van der Waals surface area contributed by atoms with E-state index in [0.29, 0.717) is 16.7 Å². The van der Waals surface area contributed by atoms with Crippen LogP contribution in [0.15, 0.2) is 23.1 Å². The van der Waals surface area contributed by atoms with Crippen LogP contribution in [0.1, 0.15) is 11.4 Å². The predicted octanol–water partition coefficient (Wildman–Crippen LogP) is 1.61. The molecule has 0 fully saturated rings. The van der Waals surface area contributed by atoms with E-state index in [0.717, 1.165) is 17.1 Å². The molecule has 2 N–H and O–H groups in total. The topological polar surface area (TPSA) is 82.8 Å². The molecule has 3 rings (SSSR count). The van der Waals surface area contributed by atoms with Crippen LogP contribution in [0.25, 0.3) is 16.7 Å². The van der Waals surface area contributed by atoms with Crippen molar-refractivity contribution in [2.45, 2.75) is 13.8 Å². The number of hydrogen-bond donors (Lipinski definition) is 1. The Morgan fingerprint density at radius 1 is 1.18 bits per heavy atom. The zero-order chi connectivity index (χ0) is 12.0. The van der Waals surface area contributed by atoms with Crippen molar-refractivity contribution in [1.82, 2.24) is 19.9 Å². The van der Waals surface area contributed by atoms with Crippen molar-refractivity contribution in [1.29, 1.82) is 0 Å². The average molecular weight is 229 g/mol. The Balaban J connectivity index is 2.35. The fraction of sp³-hybridized carbons (Fsp3) is 0.182. The van der Waals surface area contributed by atoms with Gasteiger partial charge in [-0.3, -0.25) is 0 Å². The number of nitrogens with two attached hydrogens (primary N) is 1. The SMILES string of the molecule is Cc1ncn(-c2ccc(N)c3nonc23)c1C. The maximum absolute atomic E-state index is 5.80. The molecule has 0 radical (unpaired) electrons. The highest BCUT2D eigenvalue weighted by Crippen LogP contribution is 2.25. The minimum absolute atomic E-state index is 0.555. The van der Waals surface area contributed by atoms with Crippen molar-refractivity contribution in [2.75, 3.05) is 5.73 Å². The van der Waals surface area contributed by atoms with E-state index in [-0.39, 0.29) is 0 Å². The second-order valence-corrected chi connectivity index (χ2v) is 3.92. The van der Waals surface area contributed by atoms with Crippen LogP contribution in [-0.4, -0.2) is 19.9 Å². The summed E-state index contributed by atoms with van der Waals surface area (Å²) in [5.74, 6) is 0. The van der Waals surface area contributed by atoms with Crippen LogP contribution >= 0.6 is 0 Å². The fourth-order valence-corrected chi connectivity index (χ4v) is 1.81. The van der Waals surface area contributed by atoms with Crippen LogP contribution < -0.4 is 5.73 Å². The first-order chi connectivity index (χ1) is 8.18. The Labute approximate surface area is 97.0 Å².